The van der Waals surface area contributed by atoms with Crippen LogP contribution in [0.3, 0.4) is 0 Å². The minimum absolute atomic E-state index is 0.0338. The number of carbonyl (C=O) groups excluding carboxylic acids is 2. The van der Waals surface area contributed by atoms with Gasteiger partial charge in [-0.3, -0.25) is 14.5 Å². The minimum Gasteiger partial charge on any atom is -0.326 e. The molecule has 3 rings (SSSR count). The summed E-state index contributed by atoms with van der Waals surface area (Å²) in [5, 5.41) is 2.90. The second kappa shape index (κ2) is 8.41. The summed E-state index contributed by atoms with van der Waals surface area (Å²) in [5.41, 5.74) is 3.92. The molecular formula is C21H24N2O2S. The van der Waals surface area contributed by atoms with Crippen molar-refractivity contribution in [3.05, 3.63) is 59.7 Å². The zero-order valence-corrected chi connectivity index (χ0v) is 16.0. The number of carbonyl (C=O) groups is 2. The van der Waals surface area contributed by atoms with Gasteiger partial charge >= 0.3 is 0 Å². The Morgan fingerprint density at radius 1 is 1.19 bits per heavy atom. The number of hydrogen-bond donors (Lipinski definition) is 1. The van der Waals surface area contributed by atoms with Gasteiger partial charge in [0, 0.05) is 17.8 Å². The predicted octanol–water partition coefficient (Wildman–Crippen LogP) is 4.90. The van der Waals surface area contributed by atoms with Crippen molar-refractivity contribution in [2.24, 2.45) is 0 Å². The predicted molar refractivity (Wildman–Crippen MR) is 108 cm³/mol. The minimum atomic E-state index is -0.0338. The summed E-state index contributed by atoms with van der Waals surface area (Å²) < 4.78 is 0. The summed E-state index contributed by atoms with van der Waals surface area (Å²) in [6, 6.07) is 15.8. The molecule has 2 aromatic rings. The molecule has 26 heavy (non-hydrogen) atoms. The van der Waals surface area contributed by atoms with E-state index in [1.165, 1.54) is 0 Å². The number of unbranched alkanes of at least 4 members (excludes halogenated alkanes) is 1. The van der Waals surface area contributed by atoms with Gasteiger partial charge in [0.2, 0.25) is 11.8 Å². The lowest BCUT2D eigenvalue weighted by Crippen LogP contribution is -2.28. The Morgan fingerprint density at radius 2 is 1.92 bits per heavy atom. The highest BCUT2D eigenvalue weighted by Gasteiger charge is 2.34. The van der Waals surface area contributed by atoms with Gasteiger partial charge in [0.1, 0.15) is 5.37 Å². The van der Waals surface area contributed by atoms with Gasteiger partial charge < -0.3 is 5.32 Å². The Morgan fingerprint density at radius 3 is 2.62 bits per heavy atom. The molecule has 2 aromatic carbocycles. The topological polar surface area (TPSA) is 49.4 Å². The summed E-state index contributed by atoms with van der Waals surface area (Å²) in [7, 11) is 0. The van der Waals surface area contributed by atoms with Crippen molar-refractivity contribution in [1.29, 1.82) is 0 Å². The molecule has 2 amide bonds. The first-order valence-corrected chi connectivity index (χ1v) is 10.0. The number of amides is 2. The van der Waals surface area contributed by atoms with E-state index < -0.39 is 0 Å². The SMILES string of the molecule is CCCCC(=O)Nc1ccc([C@@H]2SCC(=O)N2c2ccccc2C)cc1. The maximum absolute atomic E-state index is 12.5. The lowest BCUT2D eigenvalue weighted by atomic mass is 10.1. The first kappa shape index (κ1) is 18.5. The Labute approximate surface area is 159 Å². The molecule has 0 aromatic heterocycles. The van der Waals surface area contributed by atoms with Crippen molar-refractivity contribution in [2.75, 3.05) is 16.0 Å². The largest absolute Gasteiger partial charge is 0.326 e. The summed E-state index contributed by atoms with van der Waals surface area (Å²) >= 11 is 1.64. The normalized spacial score (nSPS) is 16.8. The molecule has 0 spiro atoms. The Kier molecular flexibility index (Phi) is 5.99. The first-order chi connectivity index (χ1) is 12.6. The molecule has 1 aliphatic rings. The van der Waals surface area contributed by atoms with Crippen molar-refractivity contribution in [2.45, 2.75) is 38.5 Å². The van der Waals surface area contributed by atoms with E-state index in [1.807, 2.05) is 60.4 Å². The fourth-order valence-corrected chi connectivity index (χ4v) is 4.23. The van der Waals surface area contributed by atoms with Crippen LogP contribution in [0.4, 0.5) is 11.4 Å². The molecule has 1 aliphatic heterocycles. The number of thioether (sulfide) groups is 1. The standard InChI is InChI=1S/C21H24N2O2S/c1-3-4-9-19(24)22-17-12-10-16(11-13-17)21-23(20(25)14-26-21)18-8-6-5-7-15(18)2/h5-8,10-13,21H,3-4,9,14H2,1-2H3,(H,22,24)/t21-/m0/s1. The number of nitrogens with zero attached hydrogens (tertiary/aromatic N) is 1. The van der Waals surface area contributed by atoms with Gasteiger partial charge in [-0.05, 0) is 42.7 Å². The average Bonchev–Trinajstić information content (AvgIpc) is 3.02. The third-order valence-corrected chi connectivity index (χ3v) is 5.69. The third kappa shape index (κ3) is 4.10. The summed E-state index contributed by atoms with van der Waals surface area (Å²) in [6.07, 6.45) is 2.45. The molecule has 1 saturated heterocycles. The van der Waals surface area contributed by atoms with Crippen LogP contribution in [0.1, 0.15) is 42.7 Å². The second-order valence-corrected chi connectivity index (χ2v) is 7.56. The van der Waals surface area contributed by atoms with E-state index in [0.29, 0.717) is 12.2 Å². The Balaban J connectivity index is 1.77. The fraction of sp³-hybridized carbons (Fsp3) is 0.333. The van der Waals surface area contributed by atoms with Crippen LogP contribution in [0.15, 0.2) is 48.5 Å². The van der Waals surface area contributed by atoms with Gasteiger partial charge in [0.05, 0.1) is 5.75 Å². The number of rotatable bonds is 6. The van der Waals surface area contributed by atoms with Crippen LogP contribution in [-0.4, -0.2) is 17.6 Å². The first-order valence-electron chi connectivity index (χ1n) is 8.99. The van der Waals surface area contributed by atoms with Crippen molar-refractivity contribution < 1.29 is 9.59 Å². The van der Waals surface area contributed by atoms with Crippen molar-refractivity contribution in [3.63, 3.8) is 0 Å². The van der Waals surface area contributed by atoms with Gasteiger partial charge in [0.15, 0.2) is 0 Å². The lowest BCUT2D eigenvalue weighted by Gasteiger charge is -2.26. The van der Waals surface area contributed by atoms with E-state index >= 15 is 0 Å². The highest BCUT2D eigenvalue weighted by atomic mass is 32.2. The summed E-state index contributed by atoms with van der Waals surface area (Å²) in [5.74, 6) is 0.659. The molecule has 1 N–H and O–H groups in total. The maximum Gasteiger partial charge on any atom is 0.238 e. The second-order valence-electron chi connectivity index (χ2n) is 6.49. The lowest BCUT2D eigenvalue weighted by molar-refractivity contribution is -0.116. The molecule has 1 fully saturated rings. The molecule has 1 heterocycles. The van der Waals surface area contributed by atoms with Gasteiger partial charge in [-0.25, -0.2) is 0 Å². The number of nitrogens with one attached hydrogen (secondary N) is 1. The molecule has 4 nitrogen and oxygen atoms in total. The average molecular weight is 369 g/mol. The fourth-order valence-electron chi connectivity index (χ4n) is 3.06. The van der Waals surface area contributed by atoms with Gasteiger partial charge in [-0.1, -0.05) is 43.7 Å². The zero-order chi connectivity index (χ0) is 18.5. The molecule has 0 unspecified atom stereocenters. The van der Waals surface area contributed by atoms with Crippen LogP contribution in [-0.2, 0) is 9.59 Å². The van der Waals surface area contributed by atoms with Crippen LogP contribution in [0.5, 0.6) is 0 Å². The summed E-state index contributed by atoms with van der Waals surface area (Å²) in [6.45, 7) is 4.10. The van der Waals surface area contributed by atoms with E-state index in [1.54, 1.807) is 11.8 Å². The number of benzene rings is 2. The maximum atomic E-state index is 12.5. The molecule has 136 valence electrons. The number of hydrogen-bond acceptors (Lipinski definition) is 3. The molecular weight excluding hydrogens is 344 g/mol. The van der Waals surface area contributed by atoms with Crippen LogP contribution in [0, 0.1) is 6.92 Å². The van der Waals surface area contributed by atoms with E-state index in [0.717, 1.165) is 35.3 Å². The van der Waals surface area contributed by atoms with Crippen molar-refractivity contribution in [3.8, 4) is 0 Å². The molecule has 5 heteroatoms. The Hall–Kier alpha value is -2.27. The number of aryl methyl sites for hydroxylation is 1. The van der Waals surface area contributed by atoms with Crippen LogP contribution >= 0.6 is 11.8 Å². The van der Waals surface area contributed by atoms with Crippen molar-refractivity contribution >= 4 is 35.0 Å². The van der Waals surface area contributed by atoms with E-state index in [2.05, 4.69) is 12.2 Å². The van der Waals surface area contributed by atoms with Crippen LogP contribution in [0.2, 0.25) is 0 Å². The summed E-state index contributed by atoms with van der Waals surface area (Å²) in [4.78, 5) is 26.2. The highest BCUT2D eigenvalue weighted by molar-refractivity contribution is 8.00. The van der Waals surface area contributed by atoms with E-state index in [4.69, 9.17) is 0 Å². The Bertz CT molecular complexity index is 789. The highest BCUT2D eigenvalue weighted by Crippen LogP contribution is 2.42. The van der Waals surface area contributed by atoms with E-state index in [9.17, 15) is 9.59 Å². The molecule has 0 radical (unpaired) electrons. The molecule has 0 saturated carbocycles. The van der Waals surface area contributed by atoms with Gasteiger partial charge in [0.25, 0.3) is 0 Å². The monoisotopic (exact) mass is 368 g/mol. The molecule has 1 atom stereocenters. The smallest absolute Gasteiger partial charge is 0.238 e. The van der Waals surface area contributed by atoms with E-state index in [-0.39, 0.29) is 17.2 Å². The molecule has 0 aliphatic carbocycles. The van der Waals surface area contributed by atoms with Crippen LogP contribution < -0.4 is 10.2 Å². The molecule has 0 bridgehead atoms. The van der Waals surface area contributed by atoms with Gasteiger partial charge in [-0.15, -0.1) is 11.8 Å². The third-order valence-electron chi connectivity index (χ3n) is 4.48. The zero-order valence-electron chi connectivity index (χ0n) is 15.2. The number of para-hydroxylation sites is 1. The number of anilines is 2. The van der Waals surface area contributed by atoms with Crippen LogP contribution in [0.25, 0.3) is 0 Å². The van der Waals surface area contributed by atoms with Gasteiger partial charge in [-0.2, -0.15) is 0 Å². The van der Waals surface area contributed by atoms with Crippen molar-refractivity contribution in [1.82, 2.24) is 0 Å². The quantitative estimate of drug-likeness (QED) is 0.789.